The van der Waals surface area contributed by atoms with Crippen LogP contribution >= 0.6 is 15.9 Å². The minimum atomic E-state index is 0.729. The Hall–Kier alpha value is -1.62. The predicted octanol–water partition coefficient (Wildman–Crippen LogP) is 3.64. The molecule has 4 nitrogen and oxygen atoms in total. The number of nitrogens with one attached hydrogen (secondary N) is 2. The summed E-state index contributed by atoms with van der Waals surface area (Å²) >= 11 is 3.54. The van der Waals surface area contributed by atoms with Crippen molar-refractivity contribution < 1.29 is 0 Å². The van der Waals surface area contributed by atoms with Gasteiger partial charge in [0.2, 0.25) is 0 Å². The Labute approximate surface area is 115 Å². The van der Waals surface area contributed by atoms with E-state index in [0.717, 1.165) is 27.6 Å². The second-order valence-electron chi connectivity index (χ2n) is 4.04. The fourth-order valence-electron chi connectivity index (χ4n) is 1.62. The largest absolute Gasteiger partial charge is 0.373 e. The summed E-state index contributed by atoms with van der Waals surface area (Å²) in [7, 11) is 1.84. The summed E-state index contributed by atoms with van der Waals surface area (Å²) in [5, 5.41) is 6.29. The van der Waals surface area contributed by atoms with E-state index in [1.807, 2.05) is 26.1 Å². The summed E-state index contributed by atoms with van der Waals surface area (Å²) in [6.45, 7) is 3.93. The van der Waals surface area contributed by atoms with Crippen LogP contribution in [-0.4, -0.2) is 17.0 Å². The third-order valence-electron chi connectivity index (χ3n) is 2.48. The van der Waals surface area contributed by atoms with E-state index < -0.39 is 0 Å². The predicted molar refractivity (Wildman–Crippen MR) is 78.5 cm³/mol. The van der Waals surface area contributed by atoms with Crippen molar-refractivity contribution in [3.8, 4) is 0 Å². The molecule has 94 valence electrons. The van der Waals surface area contributed by atoms with Gasteiger partial charge in [-0.05, 0) is 47.5 Å². The maximum atomic E-state index is 4.36. The Morgan fingerprint density at radius 1 is 1.06 bits per heavy atom. The summed E-state index contributed by atoms with van der Waals surface area (Å²) in [6, 6.07) is 8.02. The number of hydrogen-bond donors (Lipinski definition) is 2. The van der Waals surface area contributed by atoms with Crippen LogP contribution in [0.25, 0.3) is 0 Å². The van der Waals surface area contributed by atoms with Gasteiger partial charge in [-0.2, -0.15) is 0 Å². The number of anilines is 3. The first-order valence-corrected chi connectivity index (χ1v) is 6.44. The number of rotatable bonds is 3. The molecule has 0 aliphatic heterocycles. The van der Waals surface area contributed by atoms with E-state index in [0.29, 0.717) is 0 Å². The molecule has 18 heavy (non-hydrogen) atoms. The van der Waals surface area contributed by atoms with E-state index in [4.69, 9.17) is 0 Å². The number of halogens is 1. The molecule has 0 saturated heterocycles. The molecule has 2 aromatic rings. The number of aromatic nitrogens is 2. The molecule has 0 atom stereocenters. The van der Waals surface area contributed by atoms with E-state index in [1.165, 1.54) is 5.56 Å². The van der Waals surface area contributed by atoms with Crippen LogP contribution < -0.4 is 10.6 Å². The van der Waals surface area contributed by atoms with Gasteiger partial charge in [-0.3, -0.25) is 0 Å². The Morgan fingerprint density at radius 2 is 1.78 bits per heavy atom. The van der Waals surface area contributed by atoms with Gasteiger partial charge in [0.1, 0.15) is 17.5 Å². The summed E-state index contributed by atoms with van der Waals surface area (Å²) in [5.41, 5.74) is 2.20. The minimum absolute atomic E-state index is 0.729. The van der Waals surface area contributed by atoms with Crippen LogP contribution in [0.4, 0.5) is 17.3 Å². The second-order valence-corrected chi connectivity index (χ2v) is 4.90. The molecule has 0 spiro atoms. The zero-order chi connectivity index (χ0) is 13.1. The van der Waals surface area contributed by atoms with Gasteiger partial charge in [0.15, 0.2) is 0 Å². The Balaban J connectivity index is 2.30. The maximum absolute atomic E-state index is 4.36. The molecule has 0 bridgehead atoms. The van der Waals surface area contributed by atoms with Crippen molar-refractivity contribution in [3.05, 3.63) is 40.1 Å². The Bertz CT molecular complexity index is 569. The van der Waals surface area contributed by atoms with Crippen molar-refractivity contribution in [1.82, 2.24) is 9.97 Å². The highest BCUT2D eigenvalue weighted by atomic mass is 79.9. The molecule has 1 aromatic carbocycles. The Kier molecular flexibility index (Phi) is 3.81. The van der Waals surface area contributed by atoms with Gasteiger partial charge < -0.3 is 10.6 Å². The van der Waals surface area contributed by atoms with Crippen LogP contribution in [0.1, 0.15) is 11.4 Å². The maximum Gasteiger partial charge on any atom is 0.136 e. The lowest BCUT2D eigenvalue weighted by Crippen LogP contribution is -2.01. The quantitative estimate of drug-likeness (QED) is 0.909. The van der Waals surface area contributed by atoms with Gasteiger partial charge in [-0.15, -0.1) is 0 Å². The molecular weight excluding hydrogens is 292 g/mol. The molecule has 0 radical (unpaired) electrons. The lowest BCUT2D eigenvalue weighted by atomic mass is 10.2. The van der Waals surface area contributed by atoms with Crippen LogP contribution in [-0.2, 0) is 0 Å². The average molecular weight is 307 g/mol. The van der Waals surface area contributed by atoms with Gasteiger partial charge >= 0.3 is 0 Å². The molecule has 0 fully saturated rings. The summed E-state index contributed by atoms with van der Waals surface area (Å²) in [6.07, 6.45) is 0. The van der Waals surface area contributed by atoms with Crippen molar-refractivity contribution in [3.63, 3.8) is 0 Å². The molecule has 0 unspecified atom stereocenters. The third kappa shape index (κ3) is 2.98. The molecule has 0 aliphatic carbocycles. The normalized spacial score (nSPS) is 10.2. The number of hydrogen-bond acceptors (Lipinski definition) is 4. The molecule has 0 saturated carbocycles. The standard InChI is InChI=1S/C13H15BrN4/c1-8-4-5-11(10(14)6-8)18-13-7-12(15-3)16-9(2)17-13/h4-7H,1-3H3,(H2,15,16,17,18). The van der Waals surface area contributed by atoms with Gasteiger partial charge in [0.05, 0.1) is 5.69 Å². The molecule has 2 rings (SSSR count). The first-order chi connectivity index (χ1) is 8.58. The SMILES string of the molecule is CNc1cc(Nc2ccc(C)cc2Br)nc(C)n1. The van der Waals surface area contributed by atoms with Crippen LogP contribution in [0.2, 0.25) is 0 Å². The average Bonchev–Trinajstić information content (AvgIpc) is 2.32. The topological polar surface area (TPSA) is 49.8 Å². The van der Waals surface area contributed by atoms with Crippen LogP contribution in [0.3, 0.4) is 0 Å². The first-order valence-electron chi connectivity index (χ1n) is 5.65. The summed E-state index contributed by atoms with van der Waals surface area (Å²) in [4.78, 5) is 8.61. The lowest BCUT2D eigenvalue weighted by Gasteiger charge is -2.10. The van der Waals surface area contributed by atoms with E-state index in [2.05, 4.69) is 55.6 Å². The minimum Gasteiger partial charge on any atom is -0.373 e. The van der Waals surface area contributed by atoms with Crippen molar-refractivity contribution >= 4 is 33.3 Å². The zero-order valence-corrected chi connectivity index (χ0v) is 12.2. The zero-order valence-electron chi connectivity index (χ0n) is 10.6. The van der Waals surface area contributed by atoms with E-state index in [1.54, 1.807) is 0 Å². The van der Waals surface area contributed by atoms with Crippen molar-refractivity contribution in [2.24, 2.45) is 0 Å². The molecule has 5 heteroatoms. The van der Waals surface area contributed by atoms with Crippen LogP contribution in [0.5, 0.6) is 0 Å². The van der Waals surface area contributed by atoms with Crippen LogP contribution in [0, 0.1) is 13.8 Å². The van der Waals surface area contributed by atoms with E-state index >= 15 is 0 Å². The van der Waals surface area contributed by atoms with Crippen molar-refractivity contribution in [2.45, 2.75) is 13.8 Å². The van der Waals surface area contributed by atoms with Crippen molar-refractivity contribution in [2.75, 3.05) is 17.7 Å². The molecule has 1 heterocycles. The number of aryl methyl sites for hydroxylation is 2. The smallest absolute Gasteiger partial charge is 0.136 e. The van der Waals surface area contributed by atoms with E-state index in [-0.39, 0.29) is 0 Å². The molecule has 1 aromatic heterocycles. The van der Waals surface area contributed by atoms with Crippen molar-refractivity contribution in [1.29, 1.82) is 0 Å². The van der Waals surface area contributed by atoms with Gasteiger partial charge in [-0.1, -0.05) is 6.07 Å². The molecular formula is C13H15BrN4. The molecule has 0 amide bonds. The fourth-order valence-corrected chi connectivity index (χ4v) is 2.21. The van der Waals surface area contributed by atoms with Gasteiger partial charge in [-0.25, -0.2) is 9.97 Å². The summed E-state index contributed by atoms with van der Waals surface area (Å²) < 4.78 is 1.02. The van der Waals surface area contributed by atoms with E-state index in [9.17, 15) is 0 Å². The third-order valence-corrected chi connectivity index (χ3v) is 3.14. The number of nitrogens with zero attached hydrogens (tertiary/aromatic N) is 2. The van der Waals surface area contributed by atoms with Gasteiger partial charge in [0, 0.05) is 17.6 Å². The lowest BCUT2D eigenvalue weighted by molar-refractivity contribution is 1.05. The van der Waals surface area contributed by atoms with Crippen LogP contribution in [0.15, 0.2) is 28.7 Å². The molecule has 0 aliphatic rings. The first kappa shape index (κ1) is 12.8. The highest BCUT2D eigenvalue weighted by Gasteiger charge is 2.04. The highest BCUT2D eigenvalue weighted by Crippen LogP contribution is 2.26. The fraction of sp³-hybridized carbons (Fsp3) is 0.231. The Morgan fingerprint density at radius 3 is 2.44 bits per heavy atom. The highest BCUT2D eigenvalue weighted by molar-refractivity contribution is 9.10. The monoisotopic (exact) mass is 306 g/mol. The number of benzene rings is 1. The second kappa shape index (κ2) is 5.35. The summed E-state index contributed by atoms with van der Waals surface area (Å²) in [5.74, 6) is 2.30. The molecule has 2 N–H and O–H groups in total. The van der Waals surface area contributed by atoms with Gasteiger partial charge in [0.25, 0.3) is 0 Å².